The molecule has 33 heavy (non-hydrogen) atoms. The maximum atomic E-state index is 12.8. The Morgan fingerprint density at radius 2 is 1.91 bits per heavy atom. The summed E-state index contributed by atoms with van der Waals surface area (Å²) in [6.07, 6.45) is 0.346. The zero-order valence-electron chi connectivity index (χ0n) is 17.3. The highest BCUT2D eigenvalue weighted by molar-refractivity contribution is 7.89. The zero-order valence-corrected chi connectivity index (χ0v) is 18.1. The van der Waals surface area contributed by atoms with E-state index in [1.165, 1.54) is 12.3 Å². The molecule has 3 aromatic heterocycles. The third-order valence-electron chi connectivity index (χ3n) is 5.63. The molecule has 8 nitrogen and oxygen atoms in total. The molecule has 0 aromatic carbocycles. The van der Waals surface area contributed by atoms with E-state index in [1.807, 2.05) is 10.6 Å². The van der Waals surface area contributed by atoms with Gasteiger partial charge in [-0.05, 0) is 44.4 Å². The lowest BCUT2D eigenvalue weighted by molar-refractivity contribution is -0.147. The number of rotatable bonds is 5. The lowest BCUT2D eigenvalue weighted by atomic mass is 9.92. The first-order chi connectivity index (χ1) is 15.6. The van der Waals surface area contributed by atoms with E-state index in [2.05, 4.69) is 16.0 Å². The molecule has 170 valence electrons. The molecule has 3 aromatic rings. The van der Waals surface area contributed by atoms with Crippen LogP contribution in [-0.2, 0) is 10.0 Å². The summed E-state index contributed by atoms with van der Waals surface area (Å²) < 4.78 is 66.5. The second-order valence-corrected chi connectivity index (χ2v) is 9.47. The van der Waals surface area contributed by atoms with Gasteiger partial charge in [-0.1, -0.05) is 0 Å². The Bertz CT molecular complexity index is 1410. The monoisotopic (exact) mass is 474 g/mol. The van der Waals surface area contributed by atoms with Crippen LogP contribution in [0.25, 0.3) is 22.4 Å². The normalized spacial score (nSPS) is 15.6. The van der Waals surface area contributed by atoms with E-state index in [4.69, 9.17) is 0 Å². The molecule has 0 spiro atoms. The van der Waals surface area contributed by atoms with Crippen LogP contribution in [0.15, 0.2) is 35.5 Å². The highest BCUT2D eigenvalue weighted by atomic mass is 32.2. The fourth-order valence-electron chi connectivity index (χ4n) is 3.66. The Balaban J connectivity index is 1.81. The summed E-state index contributed by atoms with van der Waals surface area (Å²) in [7, 11) is -4.46. The van der Waals surface area contributed by atoms with Crippen molar-refractivity contribution in [3.05, 3.63) is 41.7 Å². The van der Waals surface area contributed by atoms with Crippen molar-refractivity contribution in [1.29, 1.82) is 10.5 Å². The zero-order chi connectivity index (χ0) is 24.0. The topological polar surface area (TPSA) is 124 Å². The van der Waals surface area contributed by atoms with Crippen LogP contribution in [0.4, 0.5) is 13.2 Å². The van der Waals surface area contributed by atoms with E-state index in [9.17, 15) is 32.1 Å². The summed E-state index contributed by atoms with van der Waals surface area (Å²) in [5, 5.41) is 19.6. The second-order valence-electron chi connectivity index (χ2n) is 7.76. The number of hydrogen-bond donors (Lipinski definition) is 1. The summed E-state index contributed by atoms with van der Waals surface area (Å²) in [5.41, 5.74) is 1.76. The van der Waals surface area contributed by atoms with E-state index in [0.29, 0.717) is 23.7 Å². The largest absolute Gasteiger partial charge is 0.404 e. The number of nitriles is 2. The highest BCUT2D eigenvalue weighted by Crippen LogP contribution is 2.41. The molecule has 1 aliphatic rings. The van der Waals surface area contributed by atoms with Gasteiger partial charge >= 0.3 is 6.18 Å². The van der Waals surface area contributed by atoms with Gasteiger partial charge in [-0.25, -0.2) is 13.4 Å². The molecule has 3 heterocycles. The van der Waals surface area contributed by atoms with E-state index >= 15 is 0 Å². The van der Waals surface area contributed by atoms with Gasteiger partial charge in [0.1, 0.15) is 28.7 Å². The third-order valence-corrected chi connectivity index (χ3v) is 7.16. The first kappa shape index (κ1) is 22.7. The Morgan fingerprint density at radius 1 is 1.18 bits per heavy atom. The molecule has 0 radical (unpaired) electrons. The van der Waals surface area contributed by atoms with Gasteiger partial charge in [-0.3, -0.25) is 4.98 Å². The Labute approximate surface area is 187 Å². The first-order valence-electron chi connectivity index (χ1n) is 9.96. The van der Waals surface area contributed by atoms with Crippen LogP contribution < -0.4 is 4.72 Å². The Morgan fingerprint density at radius 3 is 2.42 bits per heavy atom. The van der Waals surface area contributed by atoms with Gasteiger partial charge in [-0.15, -0.1) is 0 Å². The molecule has 0 bridgehead atoms. The third kappa shape index (κ3) is 4.03. The van der Waals surface area contributed by atoms with Crippen LogP contribution in [-0.4, -0.2) is 35.2 Å². The molecule has 0 aliphatic heterocycles. The van der Waals surface area contributed by atoms with Crippen molar-refractivity contribution in [1.82, 2.24) is 19.3 Å². The number of aromatic nitrogens is 3. The van der Waals surface area contributed by atoms with Crippen LogP contribution in [0.3, 0.4) is 0 Å². The molecule has 1 fully saturated rings. The van der Waals surface area contributed by atoms with Gasteiger partial charge < -0.3 is 4.57 Å². The average Bonchev–Trinajstić information content (AvgIpc) is 3.04. The molecule has 12 heteroatoms. The molecule has 1 saturated carbocycles. The number of halogens is 3. The van der Waals surface area contributed by atoms with Crippen LogP contribution in [0.5, 0.6) is 0 Å². The summed E-state index contributed by atoms with van der Waals surface area (Å²) in [6.45, 7) is 0.706. The lowest BCUT2D eigenvalue weighted by Gasteiger charge is -2.29. The van der Waals surface area contributed by atoms with Crippen LogP contribution in [0, 0.1) is 22.7 Å². The van der Waals surface area contributed by atoms with Crippen molar-refractivity contribution < 1.29 is 21.6 Å². The fourth-order valence-corrected chi connectivity index (χ4v) is 4.83. The molecular formula is C21H17F3N6O2S. The number of alkyl halides is 3. The maximum absolute atomic E-state index is 12.8. The molecular weight excluding hydrogens is 457 g/mol. The summed E-state index contributed by atoms with van der Waals surface area (Å²) in [6, 6.07) is 5.98. The van der Waals surface area contributed by atoms with Crippen LogP contribution in [0.1, 0.15) is 43.4 Å². The van der Waals surface area contributed by atoms with E-state index in [-0.39, 0.29) is 22.9 Å². The number of nitrogens with one attached hydrogen (secondary N) is 1. The fraction of sp³-hybridized carbons (Fsp3) is 0.333. The van der Waals surface area contributed by atoms with Gasteiger partial charge in [0.05, 0.1) is 22.5 Å². The van der Waals surface area contributed by atoms with E-state index in [1.54, 1.807) is 10.8 Å². The molecule has 0 unspecified atom stereocenters. The predicted octanol–water partition coefficient (Wildman–Crippen LogP) is 3.80. The number of hydrogen-bond acceptors (Lipinski definition) is 6. The smallest absolute Gasteiger partial charge is 0.320 e. The van der Waals surface area contributed by atoms with Crippen molar-refractivity contribution in [2.45, 2.75) is 49.3 Å². The SMILES string of the molecule is C[C@H](NS(=O)(=O)c1ccc(-c2c(C#N)c3cc(C#N)cnc3n2C2CCC2)nc1)C(F)(F)F. The van der Waals surface area contributed by atoms with Crippen LogP contribution >= 0.6 is 0 Å². The van der Waals surface area contributed by atoms with Gasteiger partial charge in [-0.2, -0.15) is 28.4 Å². The number of nitrogens with zero attached hydrogens (tertiary/aromatic N) is 5. The molecule has 0 amide bonds. The molecule has 1 atom stereocenters. The van der Waals surface area contributed by atoms with Gasteiger partial charge in [0.15, 0.2) is 0 Å². The second kappa shape index (κ2) is 8.14. The predicted molar refractivity (Wildman–Crippen MR) is 111 cm³/mol. The summed E-state index contributed by atoms with van der Waals surface area (Å²) >= 11 is 0. The Kier molecular flexibility index (Phi) is 5.60. The molecule has 1 N–H and O–H groups in total. The number of pyridine rings is 2. The minimum Gasteiger partial charge on any atom is -0.320 e. The minimum atomic E-state index is -4.73. The highest BCUT2D eigenvalue weighted by Gasteiger charge is 2.39. The summed E-state index contributed by atoms with van der Waals surface area (Å²) in [4.78, 5) is 8.11. The van der Waals surface area contributed by atoms with Crippen molar-refractivity contribution in [2.24, 2.45) is 0 Å². The lowest BCUT2D eigenvalue weighted by Crippen LogP contribution is -2.42. The average molecular weight is 474 g/mol. The Hall–Kier alpha value is -3.48. The van der Waals surface area contributed by atoms with Crippen molar-refractivity contribution >= 4 is 21.1 Å². The first-order valence-corrected chi connectivity index (χ1v) is 11.4. The standard InChI is InChI=1S/C21H17F3N6O2S/c1-12(21(22,23)24)29-33(31,32)15-5-6-18(27-11-15)19-17(9-26)16-7-13(8-25)10-28-20(16)30(19)14-3-2-4-14/h5-7,10-12,14,29H,2-4H2,1H3/t12-/m0/s1. The summed E-state index contributed by atoms with van der Waals surface area (Å²) in [5.74, 6) is 0. The maximum Gasteiger partial charge on any atom is 0.404 e. The molecule has 1 aliphatic carbocycles. The molecule has 4 rings (SSSR count). The molecule has 0 saturated heterocycles. The van der Waals surface area contributed by atoms with Crippen molar-refractivity contribution in [3.63, 3.8) is 0 Å². The quantitative estimate of drug-likeness (QED) is 0.600. The van der Waals surface area contributed by atoms with Gasteiger partial charge in [0, 0.05) is 23.8 Å². The number of sulfonamides is 1. The van der Waals surface area contributed by atoms with Gasteiger partial charge in [0.25, 0.3) is 0 Å². The van der Waals surface area contributed by atoms with Crippen LogP contribution in [0.2, 0.25) is 0 Å². The van der Waals surface area contributed by atoms with Crippen molar-refractivity contribution in [3.8, 4) is 23.5 Å². The number of fused-ring (bicyclic) bond motifs is 1. The minimum absolute atomic E-state index is 0.0598. The van der Waals surface area contributed by atoms with Crippen molar-refractivity contribution in [2.75, 3.05) is 0 Å². The van der Waals surface area contributed by atoms with E-state index < -0.39 is 27.1 Å². The van der Waals surface area contributed by atoms with Gasteiger partial charge in [0.2, 0.25) is 10.0 Å². The van der Waals surface area contributed by atoms with E-state index in [0.717, 1.165) is 31.5 Å².